The summed E-state index contributed by atoms with van der Waals surface area (Å²) in [5.41, 5.74) is 6.77. The molecule has 2 aromatic rings. The Morgan fingerprint density at radius 2 is 2.00 bits per heavy atom. The van der Waals surface area contributed by atoms with Gasteiger partial charge in [-0.15, -0.1) is 22.0 Å². The molecule has 0 fully saturated rings. The van der Waals surface area contributed by atoms with Crippen LogP contribution in [0, 0.1) is 0 Å². The van der Waals surface area contributed by atoms with E-state index >= 15 is 0 Å². The fraction of sp³-hybridized carbons (Fsp3) is 0.429. The molecule has 19 heavy (non-hydrogen) atoms. The van der Waals surface area contributed by atoms with Gasteiger partial charge in [0.15, 0.2) is 0 Å². The van der Waals surface area contributed by atoms with Crippen molar-refractivity contribution in [1.82, 2.24) is 14.8 Å². The number of nitrogens with two attached hydrogens (primary N) is 1. The number of aromatic nitrogens is 3. The van der Waals surface area contributed by atoms with Gasteiger partial charge >= 0.3 is 0 Å². The van der Waals surface area contributed by atoms with Crippen LogP contribution in [-0.2, 0) is 25.3 Å². The van der Waals surface area contributed by atoms with Gasteiger partial charge in [-0.2, -0.15) is 0 Å². The summed E-state index contributed by atoms with van der Waals surface area (Å²) in [6.07, 6.45) is 3.56. The van der Waals surface area contributed by atoms with Gasteiger partial charge in [0.1, 0.15) is 11.6 Å². The Morgan fingerprint density at radius 3 is 2.79 bits per heavy atom. The molecule has 0 saturated heterocycles. The molecule has 0 bridgehead atoms. The molecule has 4 nitrogen and oxygen atoms in total. The molecule has 0 spiro atoms. The van der Waals surface area contributed by atoms with E-state index in [0.29, 0.717) is 6.54 Å². The number of benzene rings is 1. The third-order valence-electron chi connectivity index (χ3n) is 3.46. The van der Waals surface area contributed by atoms with E-state index in [1.54, 1.807) is 11.8 Å². The average molecular weight is 274 g/mol. The Hall–Kier alpha value is -1.33. The number of aryl methyl sites for hydroxylation is 1. The van der Waals surface area contributed by atoms with Gasteiger partial charge in [-0.1, -0.05) is 12.1 Å². The Kier molecular flexibility index (Phi) is 3.84. The molecule has 0 atom stereocenters. The summed E-state index contributed by atoms with van der Waals surface area (Å²) in [5.74, 6) is 3.14. The number of hydrogen-bond acceptors (Lipinski definition) is 4. The van der Waals surface area contributed by atoms with E-state index in [2.05, 4.69) is 39.0 Å². The summed E-state index contributed by atoms with van der Waals surface area (Å²) in [6, 6.07) is 8.42. The number of fused-ring (bicyclic) bond motifs is 1. The molecular formula is C14H18N4S. The van der Waals surface area contributed by atoms with Crippen molar-refractivity contribution in [2.75, 3.05) is 0 Å². The first-order valence-electron chi connectivity index (χ1n) is 6.69. The van der Waals surface area contributed by atoms with Gasteiger partial charge in [-0.05, 0) is 30.5 Å². The Labute approximate surface area is 117 Å². The minimum absolute atomic E-state index is 0.600. The molecule has 1 aliphatic rings. The predicted molar refractivity (Wildman–Crippen MR) is 76.9 cm³/mol. The lowest BCUT2D eigenvalue weighted by atomic mass is 10.2. The zero-order chi connectivity index (χ0) is 13.1. The van der Waals surface area contributed by atoms with Crippen molar-refractivity contribution < 1.29 is 0 Å². The first kappa shape index (κ1) is 12.7. The SMILES string of the molecule is NCc1ccc(SCc2nnc3n2CCCC3)cc1. The third-order valence-corrected chi connectivity index (χ3v) is 4.47. The fourth-order valence-electron chi connectivity index (χ4n) is 2.34. The standard InChI is InChI=1S/C14H18N4S/c15-9-11-4-6-12(7-5-11)19-10-14-17-16-13-3-1-2-8-18(13)14/h4-7H,1-3,8-10,15H2. The fourth-order valence-corrected chi connectivity index (χ4v) is 3.18. The van der Waals surface area contributed by atoms with Gasteiger partial charge in [0.25, 0.3) is 0 Å². The van der Waals surface area contributed by atoms with Crippen molar-refractivity contribution >= 4 is 11.8 Å². The normalized spacial score (nSPS) is 14.4. The molecule has 100 valence electrons. The van der Waals surface area contributed by atoms with Crippen molar-refractivity contribution in [2.45, 2.75) is 43.0 Å². The summed E-state index contributed by atoms with van der Waals surface area (Å²) < 4.78 is 2.28. The molecule has 0 amide bonds. The van der Waals surface area contributed by atoms with E-state index in [-0.39, 0.29) is 0 Å². The van der Waals surface area contributed by atoms with E-state index in [4.69, 9.17) is 5.73 Å². The quantitative estimate of drug-likeness (QED) is 0.870. The molecule has 0 aliphatic carbocycles. The van der Waals surface area contributed by atoms with Crippen LogP contribution in [0.3, 0.4) is 0 Å². The molecule has 3 rings (SSSR count). The Bertz CT molecular complexity index is 547. The lowest BCUT2D eigenvalue weighted by Crippen LogP contribution is -2.12. The summed E-state index contributed by atoms with van der Waals surface area (Å²) in [6.45, 7) is 1.67. The largest absolute Gasteiger partial charge is 0.326 e. The predicted octanol–water partition coefficient (Wildman–Crippen LogP) is 2.37. The number of nitrogens with zero attached hydrogens (tertiary/aromatic N) is 3. The molecule has 1 aromatic heterocycles. The topological polar surface area (TPSA) is 56.7 Å². The second kappa shape index (κ2) is 5.75. The van der Waals surface area contributed by atoms with Crippen LogP contribution in [0.1, 0.15) is 30.1 Å². The maximum Gasteiger partial charge on any atom is 0.143 e. The van der Waals surface area contributed by atoms with Gasteiger partial charge in [-0.25, -0.2) is 0 Å². The summed E-state index contributed by atoms with van der Waals surface area (Å²) in [7, 11) is 0. The molecule has 0 radical (unpaired) electrons. The van der Waals surface area contributed by atoms with E-state index in [1.165, 1.54) is 23.3 Å². The average Bonchev–Trinajstić information content (AvgIpc) is 2.89. The molecule has 2 N–H and O–H groups in total. The van der Waals surface area contributed by atoms with Crippen LogP contribution in [-0.4, -0.2) is 14.8 Å². The summed E-state index contributed by atoms with van der Waals surface area (Å²) in [5, 5.41) is 8.60. The van der Waals surface area contributed by atoms with Crippen molar-refractivity contribution in [3.05, 3.63) is 41.5 Å². The summed E-state index contributed by atoms with van der Waals surface area (Å²) >= 11 is 1.81. The van der Waals surface area contributed by atoms with E-state index in [0.717, 1.165) is 30.4 Å². The maximum absolute atomic E-state index is 5.60. The van der Waals surface area contributed by atoms with Crippen LogP contribution in [0.25, 0.3) is 0 Å². The highest BCUT2D eigenvalue weighted by Gasteiger charge is 2.15. The van der Waals surface area contributed by atoms with Crippen LogP contribution in [0.2, 0.25) is 0 Å². The van der Waals surface area contributed by atoms with Gasteiger partial charge in [0.2, 0.25) is 0 Å². The van der Waals surface area contributed by atoms with Gasteiger partial charge in [-0.3, -0.25) is 0 Å². The molecular weight excluding hydrogens is 256 g/mol. The minimum atomic E-state index is 0.600. The zero-order valence-corrected chi connectivity index (χ0v) is 11.7. The van der Waals surface area contributed by atoms with Crippen molar-refractivity contribution in [3.63, 3.8) is 0 Å². The number of hydrogen-bond donors (Lipinski definition) is 1. The van der Waals surface area contributed by atoms with Crippen LogP contribution in [0.4, 0.5) is 0 Å². The number of thioether (sulfide) groups is 1. The maximum atomic E-state index is 5.60. The van der Waals surface area contributed by atoms with E-state index < -0.39 is 0 Å². The first-order valence-corrected chi connectivity index (χ1v) is 7.68. The summed E-state index contributed by atoms with van der Waals surface area (Å²) in [4.78, 5) is 1.25. The highest BCUT2D eigenvalue weighted by atomic mass is 32.2. The van der Waals surface area contributed by atoms with E-state index in [1.807, 2.05) is 0 Å². The highest BCUT2D eigenvalue weighted by molar-refractivity contribution is 7.98. The highest BCUT2D eigenvalue weighted by Crippen LogP contribution is 2.24. The Morgan fingerprint density at radius 1 is 1.16 bits per heavy atom. The van der Waals surface area contributed by atoms with Crippen LogP contribution in [0.15, 0.2) is 29.2 Å². The molecule has 0 saturated carbocycles. The van der Waals surface area contributed by atoms with Gasteiger partial charge < -0.3 is 10.3 Å². The monoisotopic (exact) mass is 274 g/mol. The van der Waals surface area contributed by atoms with Gasteiger partial charge in [0, 0.05) is 24.4 Å². The van der Waals surface area contributed by atoms with Gasteiger partial charge in [0.05, 0.1) is 5.75 Å². The van der Waals surface area contributed by atoms with Crippen molar-refractivity contribution in [1.29, 1.82) is 0 Å². The van der Waals surface area contributed by atoms with Crippen molar-refractivity contribution in [3.8, 4) is 0 Å². The lowest BCUT2D eigenvalue weighted by Gasteiger charge is -2.14. The van der Waals surface area contributed by atoms with Crippen molar-refractivity contribution in [2.24, 2.45) is 5.73 Å². The molecule has 1 aliphatic heterocycles. The molecule has 1 aromatic carbocycles. The number of rotatable bonds is 4. The second-order valence-corrected chi connectivity index (χ2v) is 5.83. The third kappa shape index (κ3) is 2.82. The molecule has 0 unspecified atom stereocenters. The van der Waals surface area contributed by atoms with Crippen LogP contribution >= 0.6 is 11.8 Å². The second-order valence-electron chi connectivity index (χ2n) is 4.78. The smallest absolute Gasteiger partial charge is 0.143 e. The Balaban J connectivity index is 1.66. The lowest BCUT2D eigenvalue weighted by molar-refractivity contribution is 0.513. The zero-order valence-electron chi connectivity index (χ0n) is 10.9. The van der Waals surface area contributed by atoms with E-state index in [9.17, 15) is 0 Å². The van der Waals surface area contributed by atoms with Crippen LogP contribution < -0.4 is 5.73 Å². The molecule has 5 heteroatoms. The first-order chi connectivity index (χ1) is 9.36. The minimum Gasteiger partial charge on any atom is -0.326 e. The van der Waals surface area contributed by atoms with Crippen LogP contribution in [0.5, 0.6) is 0 Å². The molecule has 2 heterocycles.